The molecule has 0 bridgehead atoms. The molecule has 0 aliphatic carbocycles. The molecule has 1 aromatic carbocycles. The maximum atomic E-state index is 11.4. The van der Waals surface area contributed by atoms with Crippen molar-refractivity contribution in [3.05, 3.63) is 28.3 Å². The number of benzene rings is 1. The van der Waals surface area contributed by atoms with Gasteiger partial charge in [-0.1, -0.05) is 6.07 Å². The van der Waals surface area contributed by atoms with Crippen LogP contribution in [0.2, 0.25) is 0 Å². The van der Waals surface area contributed by atoms with Gasteiger partial charge in [0.15, 0.2) is 5.75 Å². The number of rotatable bonds is 5. The Kier molecular flexibility index (Phi) is 5.19. The number of carbonyl (C=O) groups is 1. The second-order valence-electron chi connectivity index (χ2n) is 5.30. The van der Waals surface area contributed by atoms with Crippen molar-refractivity contribution in [2.24, 2.45) is 0 Å². The van der Waals surface area contributed by atoms with Crippen molar-refractivity contribution in [3.8, 4) is 5.75 Å². The molecule has 1 aliphatic rings. The normalized spacial score (nSPS) is 17.9. The molecule has 1 aromatic rings. The Morgan fingerprint density at radius 1 is 1.55 bits per heavy atom. The lowest BCUT2D eigenvalue weighted by atomic mass is 10.0. The van der Waals surface area contributed by atoms with Crippen LogP contribution >= 0.6 is 0 Å². The summed E-state index contributed by atoms with van der Waals surface area (Å²) >= 11 is 0. The van der Waals surface area contributed by atoms with Gasteiger partial charge in [-0.2, -0.15) is 0 Å². The fraction of sp³-hybridized carbons (Fsp3) is 0.533. The van der Waals surface area contributed by atoms with E-state index >= 15 is 0 Å². The number of nitro benzene ring substituents is 1. The number of hydrogen-bond acceptors (Lipinski definition) is 5. The zero-order valence-corrected chi connectivity index (χ0v) is 12.9. The second kappa shape index (κ2) is 7.11. The summed E-state index contributed by atoms with van der Waals surface area (Å²) in [5.41, 5.74) is 0.541. The molecule has 0 radical (unpaired) electrons. The van der Waals surface area contributed by atoms with E-state index in [-0.39, 0.29) is 23.4 Å². The van der Waals surface area contributed by atoms with E-state index in [1.54, 1.807) is 25.1 Å². The van der Waals surface area contributed by atoms with Crippen LogP contribution in [0.5, 0.6) is 5.75 Å². The number of anilines is 1. The van der Waals surface area contributed by atoms with E-state index in [0.717, 1.165) is 19.4 Å². The molecule has 2 rings (SSSR count). The highest BCUT2D eigenvalue weighted by atomic mass is 16.6. The Morgan fingerprint density at radius 2 is 2.32 bits per heavy atom. The number of para-hydroxylation sites is 1. The maximum Gasteiger partial charge on any atom is 0.333 e. The summed E-state index contributed by atoms with van der Waals surface area (Å²) in [5, 5.41) is 14.3. The van der Waals surface area contributed by atoms with Gasteiger partial charge in [-0.05, 0) is 31.9 Å². The zero-order valence-electron chi connectivity index (χ0n) is 12.9. The van der Waals surface area contributed by atoms with Gasteiger partial charge >= 0.3 is 5.69 Å². The number of nitrogens with zero attached hydrogens (tertiary/aromatic N) is 2. The van der Waals surface area contributed by atoms with E-state index in [2.05, 4.69) is 5.32 Å². The Balaban J connectivity index is 2.29. The molecule has 1 aliphatic heterocycles. The molecular weight excluding hydrogens is 286 g/mol. The first-order valence-corrected chi connectivity index (χ1v) is 7.45. The monoisotopic (exact) mass is 307 g/mol. The molecule has 120 valence electrons. The number of amides is 1. The van der Waals surface area contributed by atoms with E-state index in [1.807, 2.05) is 4.90 Å². The zero-order chi connectivity index (χ0) is 16.1. The van der Waals surface area contributed by atoms with Crippen LogP contribution in [0.25, 0.3) is 0 Å². The number of ether oxygens (including phenoxy) is 1. The molecular formula is C15H21N3O4. The van der Waals surface area contributed by atoms with E-state index in [0.29, 0.717) is 18.8 Å². The number of piperidine rings is 1. The molecule has 1 N–H and O–H groups in total. The van der Waals surface area contributed by atoms with E-state index in [1.165, 1.54) is 6.92 Å². The van der Waals surface area contributed by atoms with Crippen LogP contribution in [0.3, 0.4) is 0 Å². The standard InChI is InChI=1S/C15H21N3O4/c1-3-22-14-8-4-7-13(15(14)18(20)21)17-9-5-6-12(10-17)16-11(2)19/h4,7-8,12H,3,5-6,9-10H2,1-2H3,(H,16,19)/t12-/m1/s1. The number of nitrogens with one attached hydrogen (secondary N) is 1. The lowest BCUT2D eigenvalue weighted by Gasteiger charge is -2.34. The van der Waals surface area contributed by atoms with Crippen molar-refractivity contribution in [1.82, 2.24) is 5.32 Å². The van der Waals surface area contributed by atoms with Gasteiger partial charge in [0.05, 0.1) is 11.5 Å². The Hall–Kier alpha value is -2.31. The third kappa shape index (κ3) is 3.66. The van der Waals surface area contributed by atoms with Crippen LogP contribution in [0.15, 0.2) is 18.2 Å². The summed E-state index contributed by atoms with van der Waals surface area (Å²) in [6, 6.07) is 5.12. The molecule has 22 heavy (non-hydrogen) atoms. The van der Waals surface area contributed by atoms with E-state index < -0.39 is 4.92 Å². The fourth-order valence-electron chi connectivity index (χ4n) is 2.82. The first kappa shape index (κ1) is 16.1. The van der Waals surface area contributed by atoms with Gasteiger partial charge in [0.1, 0.15) is 5.69 Å². The van der Waals surface area contributed by atoms with Crippen molar-refractivity contribution < 1.29 is 14.5 Å². The van der Waals surface area contributed by atoms with Gasteiger partial charge in [-0.15, -0.1) is 0 Å². The minimum Gasteiger partial charge on any atom is -0.487 e. The van der Waals surface area contributed by atoms with Crippen LogP contribution in [0.1, 0.15) is 26.7 Å². The highest BCUT2D eigenvalue weighted by molar-refractivity contribution is 5.74. The average Bonchev–Trinajstić information content (AvgIpc) is 2.46. The molecule has 1 saturated heterocycles. The second-order valence-corrected chi connectivity index (χ2v) is 5.30. The van der Waals surface area contributed by atoms with Gasteiger partial charge in [0, 0.05) is 26.1 Å². The molecule has 1 amide bonds. The molecule has 7 nitrogen and oxygen atoms in total. The van der Waals surface area contributed by atoms with Crippen molar-refractivity contribution in [2.45, 2.75) is 32.7 Å². The Labute approximate surface area is 129 Å². The molecule has 0 spiro atoms. The lowest BCUT2D eigenvalue weighted by Crippen LogP contribution is -2.47. The fourth-order valence-corrected chi connectivity index (χ4v) is 2.82. The molecule has 1 atom stereocenters. The first-order chi connectivity index (χ1) is 10.5. The van der Waals surface area contributed by atoms with Gasteiger partial charge in [-0.25, -0.2) is 0 Å². The quantitative estimate of drug-likeness (QED) is 0.665. The van der Waals surface area contributed by atoms with Gasteiger partial charge in [-0.3, -0.25) is 14.9 Å². The van der Waals surface area contributed by atoms with Crippen molar-refractivity contribution in [1.29, 1.82) is 0 Å². The summed E-state index contributed by atoms with van der Waals surface area (Å²) in [6.07, 6.45) is 1.76. The summed E-state index contributed by atoms with van der Waals surface area (Å²) in [4.78, 5) is 24.2. The predicted octanol–water partition coefficient (Wildman–Crippen LogP) is 2.10. The van der Waals surface area contributed by atoms with Crippen LogP contribution in [-0.2, 0) is 4.79 Å². The van der Waals surface area contributed by atoms with Crippen LogP contribution in [0.4, 0.5) is 11.4 Å². The number of nitro groups is 1. The minimum atomic E-state index is -0.400. The van der Waals surface area contributed by atoms with E-state index in [9.17, 15) is 14.9 Å². The first-order valence-electron chi connectivity index (χ1n) is 7.45. The minimum absolute atomic E-state index is 0.00664. The van der Waals surface area contributed by atoms with Gasteiger partial charge < -0.3 is 15.0 Å². The number of hydrogen-bond donors (Lipinski definition) is 1. The smallest absolute Gasteiger partial charge is 0.333 e. The molecule has 0 unspecified atom stereocenters. The van der Waals surface area contributed by atoms with Crippen molar-refractivity contribution in [2.75, 3.05) is 24.6 Å². The van der Waals surface area contributed by atoms with Crippen molar-refractivity contribution in [3.63, 3.8) is 0 Å². The molecule has 1 heterocycles. The Bertz CT molecular complexity index is 562. The highest BCUT2D eigenvalue weighted by Crippen LogP contribution is 2.38. The summed E-state index contributed by atoms with van der Waals surface area (Å²) < 4.78 is 5.38. The number of carbonyl (C=O) groups excluding carboxylic acids is 1. The van der Waals surface area contributed by atoms with Crippen LogP contribution < -0.4 is 15.0 Å². The molecule has 7 heteroatoms. The highest BCUT2D eigenvalue weighted by Gasteiger charge is 2.28. The maximum absolute atomic E-state index is 11.4. The third-order valence-corrected chi connectivity index (χ3v) is 3.63. The average molecular weight is 307 g/mol. The molecule has 1 fully saturated rings. The molecule has 0 saturated carbocycles. The molecule has 0 aromatic heterocycles. The third-order valence-electron chi connectivity index (χ3n) is 3.63. The summed E-state index contributed by atoms with van der Waals surface area (Å²) in [5.74, 6) is 0.205. The van der Waals surface area contributed by atoms with Crippen LogP contribution in [0, 0.1) is 10.1 Å². The lowest BCUT2D eigenvalue weighted by molar-refractivity contribution is -0.385. The summed E-state index contributed by atoms with van der Waals surface area (Å²) in [6.45, 7) is 4.95. The Morgan fingerprint density at radius 3 is 2.95 bits per heavy atom. The van der Waals surface area contributed by atoms with Gasteiger partial charge in [0.25, 0.3) is 0 Å². The topological polar surface area (TPSA) is 84.7 Å². The SMILES string of the molecule is CCOc1cccc(N2CCC[C@@H](NC(C)=O)C2)c1[N+](=O)[O-]. The predicted molar refractivity (Wildman–Crippen MR) is 83.3 cm³/mol. The van der Waals surface area contributed by atoms with Crippen molar-refractivity contribution >= 4 is 17.3 Å². The van der Waals surface area contributed by atoms with Gasteiger partial charge in [0.2, 0.25) is 5.91 Å². The largest absolute Gasteiger partial charge is 0.487 e. The summed E-state index contributed by atoms with van der Waals surface area (Å²) in [7, 11) is 0. The van der Waals surface area contributed by atoms with Crippen LogP contribution in [-0.4, -0.2) is 36.6 Å². The van der Waals surface area contributed by atoms with E-state index in [4.69, 9.17) is 4.74 Å².